The summed E-state index contributed by atoms with van der Waals surface area (Å²) in [5, 5.41) is 4.82. The van der Waals surface area contributed by atoms with E-state index in [0.717, 1.165) is 44.0 Å². The van der Waals surface area contributed by atoms with Crippen molar-refractivity contribution >= 4 is 42.4 Å². The lowest BCUT2D eigenvalue weighted by Gasteiger charge is -2.10. The average Bonchev–Trinajstić information content (AvgIpc) is 3.55. The maximum absolute atomic E-state index is 5.30. The summed E-state index contributed by atoms with van der Waals surface area (Å²) in [7, 11) is 0. The summed E-state index contributed by atoms with van der Waals surface area (Å²) >= 11 is 1.74. The van der Waals surface area contributed by atoms with Crippen LogP contribution in [0, 0.1) is 0 Å². The zero-order valence-corrected chi connectivity index (χ0v) is 26.3. The van der Waals surface area contributed by atoms with E-state index in [1.807, 2.05) is 0 Å². The van der Waals surface area contributed by atoms with Crippen LogP contribution in [-0.4, -0.2) is 9.97 Å². The first-order valence-corrected chi connectivity index (χ1v) is 16.6. The van der Waals surface area contributed by atoms with Gasteiger partial charge in [0.2, 0.25) is 0 Å². The molecule has 0 radical (unpaired) electrons. The number of hydrogen-bond acceptors (Lipinski definition) is 3. The third kappa shape index (κ3) is 4.98. The molecule has 0 saturated heterocycles. The van der Waals surface area contributed by atoms with Gasteiger partial charge in [0.05, 0.1) is 5.69 Å². The Morgan fingerprint density at radius 2 is 0.894 bits per heavy atom. The Hall–Kier alpha value is -5.90. The van der Waals surface area contributed by atoms with Crippen molar-refractivity contribution in [2.24, 2.45) is 0 Å². The fourth-order valence-electron chi connectivity index (χ4n) is 6.57. The summed E-state index contributed by atoms with van der Waals surface area (Å²) in [4.78, 5) is 11.5. The summed E-state index contributed by atoms with van der Waals surface area (Å²) < 4.78 is 1.23. The van der Waals surface area contributed by atoms with Crippen LogP contribution in [0.25, 0.3) is 87.1 Å². The van der Waals surface area contributed by atoms with Gasteiger partial charge in [0.25, 0.3) is 0 Å². The quantitative estimate of drug-likeness (QED) is 0.192. The smallest absolute Gasteiger partial charge is 0.161 e. The van der Waals surface area contributed by atoms with Gasteiger partial charge in [-0.15, -0.1) is 11.3 Å². The van der Waals surface area contributed by atoms with Crippen LogP contribution in [0.5, 0.6) is 0 Å². The van der Waals surface area contributed by atoms with Crippen LogP contribution >= 0.6 is 11.3 Å². The van der Waals surface area contributed by atoms with Crippen molar-refractivity contribution < 1.29 is 0 Å². The number of hydrogen-bond donors (Lipinski definition) is 0. The van der Waals surface area contributed by atoms with Gasteiger partial charge in [-0.1, -0.05) is 152 Å². The predicted octanol–water partition coefficient (Wildman–Crippen LogP) is 12.3. The van der Waals surface area contributed by atoms with Crippen LogP contribution < -0.4 is 0 Å². The molecule has 0 aliphatic carbocycles. The molecule has 3 heteroatoms. The summed E-state index contributed by atoms with van der Waals surface area (Å²) in [6, 6.07) is 60.3. The minimum absolute atomic E-state index is 0.738. The molecule has 2 heterocycles. The fraction of sp³-hybridized carbons (Fsp3) is 0. The van der Waals surface area contributed by atoms with Crippen molar-refractivity contribution in [1.29, 1.82) is 0 Å². The van der Waals surface area contributed by atoms with E-state index in [9.17, 15) is 0 Å². The summed E-state index contributed by atoms with van der Waals surface area (Å²) in [6.45, 7) is 0. The van der Waals surface area contributed by atoms with Gasteiger partial charge < -0.3 is 0 Å². The maximum Gasteiger partial charge on any atom is 0.161 e. The Bertz CT molecular complexity index is 2550. The van der Waals surface area contributed by atoms with Crippen LogP contribution in [0.3, 0.4) is 0 Å². The minimum atomic E-state index is 0.738. The number of rotatable bonds is 5. The molecular formula is C44H28N2S. The topological polar surface area (TPSA) is 25.8 Å². The molecule has 9 rings (SSSR count). The second-order valence-electron chi connectivity index (χ2n) is 11.8. The molecule has 0 spiro atoms. The summed E-state index contributed by atoms with van der Waals surface area (Å²) in [5.41, 5.74) is 10.2. The molecule has 2 nitrogen and oxygen atoms in total. The van der Waals surface area contributed by atoms with Gasteiger partial charge in [-0.25, -0.2) is 9.97 Å². The van der Waals surface area contributed by atoms with Crippen LogP contribution in [0.15, 0.2) is 170 Å². The zero-order chi connectivity index (χ0) is 31.2. The van der Waals surface area contributed by atoms with Crippen molar-refractivity contribution in [2.45, 2.75) is 0 Å². The van der Waals surface area contributed by atoms with Crippen LogP contribution in [0.1, 0.15) is 0 Å². The normalized spacial score (nSPS) is 11.4. The first-order chi connectivity index (χ1) is 23.3. The Morgan fingerprint density at radius 3 is 1.62 bits per heavy atom. The molecule has 47 heavy (non-hydrogen) atoms. The van der Waals surface area contributed by atoms with Crippen molar-refractivity contribution in [1.82, 2.24) is 9.97 Å². The van der Waals surface area contributed by atoms with E-state index in [2.05, 4.69) is 170 Å². The molecule has 0 atom stereocenters. The third-order valence-electron chi connectivity index (χ3n) is 8.91. The molecule has 0 amide bonds. The van der Waals surface area contributed by atoms with E-state index in [4.69, 9.17) is 9.97 Å². The predicted molar refractivity (Wildman–Crippen MR) is 200 cm³/mol. The average molecular weight is 617 g/mol. The molecule has 0 bridgehead atoms. The Labute approximate surface area is 277 Å². The van der Waals surface area contributed by atoms with Crippen molar-refractivity contribution in [2.75, 3.05) is 0 Å². The molecule has 0 saturated carbocycles. The van der Waals surface area contributed by atoms with Crippen LogP contribution in [0.4, 0.5) is 0 Å². The monoisotopic (exact) mass is 616 g/mol. The maximum atomic E-state index is 5.30. The van der Waals surface area contributed by atoms with E-state index in [0.29, 0.717) is 0 Å². The SMILES string of the molecule is c1ccc(-c2ccc(-c3cccc(-c4cccc(-c5nc(-c6ccccc6)c6c(n5)sc5ccc7ccccc7c56)c4)c3)cc2)cc1. The van der Waals surface area contributed by atoms with Gasteiger partial charge in [-0.2, -0.15) is 0 Å². The number of fused-ring (bicyclic) bond motifs is 5. The van der Waals surface area contributed by atoms with Gasteiger partial charge >= 0.3 is 0 Å². The number of thiophene rings is 1. The highest BCUT2D eigenvalue weighted by Gasteiger charge is 2.18. The number of aromatic nitrogens is 2. The van der Waals surface area contributed by atoms with Gasteiger partial charge in [0.1, 0.15) is 4.83 Å². The molecule has 0 fully saturated rings. The summed E-state index contributed by atoms with van der Waals surface area (Å²) in [6.07, 6.45) is 0. The van der Waals surface area contributed by atoms with Gasteiger partial charge in [-0.05, 0) is 62.4 Å². The molecule has 0 unspecified atom stereocenters. The highest BCUT2D eigenvalue weighted by atomic mass is 32.1. The van der Waals surface area contributed by atoms with Gasteiger partial charge in [0, 0.05) is 26.6 Å². The Balaban J connectivity index is 1.14. The first-order valence-electron chi connectivity index (χ1n) is 15.8. The van der Waals surface area contributed by atoms with Crippen molar-refractivity contribution in [3.63, 3.8) is 0 Å². The van der Waals surface area contributed by atoms with Gasteiger partial charge in [-0.3, -0.25) is 0 Å². The first kappa shape index (κ1) is 27.4. The van der Waals surface area contributed by atoms with E-state index >= 15 is 0 Å². The molecule has 2 aromatic heterocycles. The lowest BCUT2D eigenvalue weighted by atomic mass is 9.96. The van der Waals surface area contributed by atoms with E-state index < -0.39 is 0 Å². The second kappa shape index (κ2) is 11.5. The molecular weight excluding hydrogens is 589 g/mol. The largest absolute Gasteiger partial charge is 0.227 e. The molecule has 7 aromatic carbocycles. The molecule has 0 aliphatic heterocycles. The fourth-order valence-corrected chi connectivity index (χ4v) is 7.67. The second-order valence-corrected chi connectivity index (χ2v) is 12.8. The van der Waals surface area contributed by atoms with E-state index in [-0.39, 0.29) is 0 Å². The number of benzene rings is 7. The highest BCUT2D eigenvalue weighted by Crippen LogP contribution is 2.43. The summed E-state index contributed by atoms with van der Waals surface area (Å²) in [5.74, 6) is 0.738. The van der Waals surface area contributed by atoms with Gasteiger partial charge in [0.15, 0.2) is 5.82 Å². The lowest BCUT2D eigenvalue weighted by Crippen LogP contribution is -1.94. The van der Waals surface area contributed by atoms with Crippen LogP contribution in [-0.2, 0) is 0 Å². The standard InChI is InChI=1S/C44H28N2S/c1-3-11-29(12-4-1)30-21-23-31(24-22-30)34-16-9-17-35(27-34)36-18-10-19-37(28-36)43-45-42(33-14-5-2-6-15-33)41-40-38-20-8-7-13-32(38)25-26-39(40)47-44(41)46-43/h1-28H. The minimum Gasteiger partial charge on any atom is -0.227 e. The van der Waals surface area contributed by atoms with E-state index in [1.165, 1.54) is 43.1 Å². The number of nitrogens with zero attached hydrogens (tertiary/aromatic N) is 2. The van der Waals surface area contributed by atoms with Crippen LogP contribution in [0.2, 0.25) is 0 Å². The van der Waals surface area contributed by atoms with Crippen molar-refractivity contribution in [3.8, 4) is 56.0 Å². The zero-order valence-electron chi connectivity index (χ0n) is 25.5. The molecule has 220 valence electrons. The Morgan fingerprint density at radius 1 is 0.362 bits per heavy atom. The molecule has 0 N–H and O–H groups in total. The van der Waals surface area contributed by atoms with Crippen molar-refractivity contribution in [3.05, 3.63) is 170 Å². The highest BCUT2D eigenvalue weighted by molar-refractivity contribution is 7.25. The Kier molecular flexibility index (Phi) is 6.69. The lowest BCUT2D eigenvalue weighted by molar-refractivity contribution is 1.24. The molecule has 0 aliphatic rings. The third-order valence-corrected chi connectivity index (χ3v) is 9.96. The van der Waals surface area contributed by atoms with E-state index in [1.54, 1.807) is 11.3 Å². The molecule has 9 aromatic rings.